The Bertz CT molecular complexity index is 658. The van der Waals surface area contributed by atoms with Gasteiger partial charge in [0.25, 0.3) is 0 Å². The first-order valence-electron chi connectivity index (χ1n) is 8.21. The second-order valence-corrected chi connectivity index (χ2v) is 5.97. The van der Waals surface area contributed by atoms with Crippen LogP contribution in [-0.4, -0.2) is 35.2 Å². The number of aliphatic hydroxyl groups excluding tert-OH is 1. The largest absolute Gasteiger partial charge is 0.489 e. The number of nitrogens with one attached hydrogen (secondary N) is 1. The monoisotopic (exact) mass is 326 g/mol. The van der Waals surface area contributed by atoms with E-state index in [1.807, 2.05) is 54.6 Å². The number of likely N-dealkylation sites (tertiary alicyclic amines) is 1. The summed E-state index contributed by atoms with van der Waals surface area (Å²) in [5.74, 6) is 0.832. The molecule has 1 unspecified atom stereocenters. The number of piperidine rings is 1. The van der Waals surface area contributed by atoms with E-state index in [0.29, 0.717) is 19.7 Å². The van der Waals surface area contributed by atoms with Crippen LogP contribution in [0.15, 0.2) is 54.6 Å². The lowest BCUT2D eigenvalue weighted by Crippen LogP contribution is -2.44. The predicted molar refractivity (Wildman–Crippen MR) is 93.0 cm³/mol. The maximum Gasteiger partial charge on any atom is 0.321 e. The fourth-order valence-electron chi connectivity index (χ4n) is 2.71. The van der Waals surface area contributed by atoms with Gasteiger partial charge < -0.3 is 20.1 Å². The van der Waals surface area contributed by atoms with E-state index in [1.54, 1.807) is 4.90 Å². The average Bonchev–Trinajstić information content (AvgIpc) is 2.62. The summed E-state index contributed by atoms with van der Waals surface area (Å²) in [5, 5.41) is 12.5. The number of rotatable bonds is 4. The molecular weight excluding hydrogens is 304 g/mol. The molecule has 0 aromatic heterocycles. The Morgan fingerprint density at radius 1 is 1.17 bits per heavy atom. The van der Waals surface area contributed by atoms with Gasteiger partial charge in [-0.1, -0.05) is 30.3 Å². The summed E-state index contributed by atoms with van der Waals surface area (Å²) in [6, 6.07) is 17.1. The van der Waals surface area contributed by atoms with Gasteiger partial charge in [0.1, 0.15) is 12.4 Å². The van der Waals surface area contributed by atoms with Crippen molar-refractivity contribution in [2.45, 2.75) is 25.6 Å². The van der Waals surface area contributed by atoms with Crippen LogP contribution in [0.25, 0.3) is 0 Å². The van der Waals surface area contributed by atoms with Gasteiger partial charge in [-0.05, 0) is 42.7 Å². The zero-order valence-corrected chi connectivity index (χ0v) is 13.5. The van der Waals surface area contributed by atoms with E-state index in [1.165, 1.54) is 0 Å². The summed E-state index contributed by atoms with van der Waals surface area (Å²) in [6.45, 7) is 1.57. The van der Waals surface area contributed by atoms with Crippen LogP contribution in [0.3, 0.4) is 0 Å². The second kappa shape index (κ2) is 7.84. The Hall–Kier alpha value is -2.53. The van der Waals surface area contributed by atoms with Gasteiger partial charge >= 0.3 is 6.03 Å². The van der Waals surface area contributed by atoms with Crippen LogP contribution in [0.2, 0.25) is 0 Å². The van der Waals surface area contributed by atoms with Gasteiger partial charge in [-0.25, -0.2) is 4.79 Å². The van der Waals surface area contributed by atoms with Crippen LogP contribution in [-0.2, 0) is 6.61 Å². The Morgan fingerprint density at radius 2 is 1.92 bits per heavy atom. The van der Waals surface area contributed by atoms with Gasteiger partial charge in [-0.15, -0.1) is 0 Å². The van der Waals surface area contributed by atoms with E-state index in [2.05, 4.69) is 5.32 Å². The van der Waals surface area contributed by atoms with Crippen molar-refractivity contribution in [1.29, 1.82) is 0 Å². The summed E-state index contributed by atoms with van der Waals surface area (Å²) in [6.07, 6.45) is 1.19. The molecule has 1 aliphatic heterocycles. The van der Waals surface area contributed by atoms with Gasteiger partial charge in [-0.2, -0.15) is 0 Å². The predicted octanol–water partition coefficient (Wildman–Crippen LogP) is 3.25. The van der Waals surface area contributed by atoms with Crippen molar-refractivity contribution in [3.63, 3.8) is 0 Å². The number of benzene rings is 2. The zero-order chi connectivity index (χ0) is 16.8. The van der Waals surface area contributed by atoms with Crippen molar-refractivity contribution in [2.75, 3.05) is 18.4 Å². The number of urea groups is 1. The number of anilines is 1. The van der Waals surface area contributed by atoms with Crippen molar-refractivity contribution >= 4 is 11.7 Å². The van der Waals surface area contributed by atoms with Gasteiger partial charge in [0.15, 0.2) is 0 Å². The minimum Gasteiger partial charge on any atom is -0.489 e. The van der Waals surface area contributed by atoms with Crippen LogP contribution in [0.4, 0.5) is 10.5 Å². The minimum absolute atomic E-state index is 0.165. The Morgan fingerprint density at radius 3 is 2.62 bits per heavy atom. The van der Waals surface area contributed by atoms with E-state index in [9.17, 15) is 9.90 Å². The molecule has 0 radical (unpaired) electrons. The molecule has 2 N–H and O–H groups in total. The molecule has 2 aromatic rings. The molecule has 126 valence electrons. The number of hydrogen-bond acceptors (Lipinski definition) is 3. The maximum atomic E-state index is 12.2. The number of para-hydroxylation sites is 1. The number of aliphatic hydroxyl groups is 1. The number of amides is 2. The Balaban J connectivity index is 1.51. The fourth-order valence-corrected chi connectivity index (χ4v) is 2.71. The minimum atomic E-state index is -0.415. The lowest BCUT2D eigenvalue weighted by atomic mass is 10.1. The third kappa shape index (κ3) is 4.49. The van der Waals surface area contributed by atoms with E-state index in [0.717, 1.165) is 29.8 Å². The van der Waals surface area contributed by atoms with E-state index in [-0.39, 0.29) is 6.03 Å². The standard InChI is InChI=1S/C19H22N2O3/c22-17-5-4-12-21(13-17)19(23)20-16-10-8-15(9-11-16)14-24-18-6-2-1-3-7-18/h1-3,6-11,17,22H,4-5,12-14H2,(H,20,23). The van der Waals surface area contributed by atoms with Crippen LogP contribution in [0, 0.1) is 0 Å². The highest BCUT2D eigenvalue weighted by Crippen LogP contribution is 2.16. The molecule has 2 amide bonds. The van der Waals surface area contributed by atoms with Crippen molar-refractivity contribution in [3.05, 3.63) is 60.2 Å². The van der Waals surface area contributed by atoms with Gasteiger partial charge in [0.05, 0.1) is 6.10 Å². The molecule has 0 aliphatic carbocycles. The molecule has 1 fully saturated rings. The average molecular weight is 326 g/mol. The molecule has 5 nitrogen and oxygen atoms in total. The molecule has 1 saturated heterocycles. The van der Waals surface area contributed by atoms with Crippen molar-refractivity contribution in [3.8, 4) is 5.75 Å². The van der Waals surface area contributed by atoms with Crippen LogP contribution < -0.4 is 10.1 Å². The van der Waals surface area contributed by atoms with Crippen LogP contribution in [0.5, 0.6) is 5.75 Å². The third-order valence-electron chi connectivity index (χ3n) is 4.04. The van der Waals surface area contributed by atoms with Gasteiger partial charge in [0, 0.05) is 18.8 Å². The van der Waals surface area contributed by atoms with E-state index < -0.39 is 6.10 Å². The summed E-state index contributed by atoms with van der Waals surface area (Å²) in [5.41, 5.74) is 1.77. The molecule has 0 saturated carbocycles. The van der Waals surface area contributed by atoms with Gasteiger partial charge in [-0.3, -0.25) is 0 Å². The molecule has 1 aliphatic rings. The van der Waals surface area contributed by atoms with Crippen LogP contribution >= 0.6 is 0 Å². The molecule has 0 bridgehead atoms. The molecule has 24 heavy (non-hydrogen) atoms. The number of nitrogens with zero attached hydrogens (tertiary/aromatic N) is 1. The smallest absolute Gasteiger partial charge is 0.321 e. The number of β-amino-alcohol motifs (C(OH)–C–C–N with tert-alkyl or cyclic N) is 1. The lowest BCUT2D eigenvalue weighted by Gasteiger charge is -2.30. The molecular formula is C19H22N2O3. The third-order valence-corrected chi connectivity index (χ3v) is 4.04. The fraction of sp³-hybridized carbons (Fsp3) is 0.316. The summed E-state index contributed by atoms with van der Waals surface area (Å²) in [7, 11) is 0. The van der Waals surface area contributed by atoms with E-state index in [4.69, 9.17) is 4.74 Å². The van der Waals surface area contributed by atoms with Gasteiger partial charge in [0.2, 0.25) is 0 Å². The Kier molecular flexibility index (Phi) is 5.33. The van der Waals surface area contributed by atoms with Crippen LogP contribution in [0.1, 0.15) is 18.4 Å². The van der Waals surface area contributed by atoms with E-state index >= 15 is 0 Å². The summed E-state index contributed by atoms with van der Waals surface area (Å²) >= 11 is 0. The molecule has 0 spiro atoms. The quantitative estimate of drug-likeness (QED) is 0.906. The first-order chi connectivity index (χ1) is 11.7. The topological polar surface area (TPSA) is 61.8 Å². The molecule has 1 atom stereocenters. The number of hydrogen-bond donors (Lipinski definition) is 2. The highest BCUT2D eigenvalue weighted by atomic mass is 16.5. The first kappa shape index (κ1) is 16.3. The number of carbonyl (C=O) groups is 1. The first-order valence-corrected chi connectivity index (χ1v) is 8.21. The molecule has 2 aromatic carbocycles. The lowest BCUT2D eigenvalue weighted by molar-refractivity contribution is 0.0883. The van der Waals surface area contributed by atoms with Crippen molar-refractivity contribution in [1.82, 2.24) is 4.90 Å². The maximum absolute atomic E-state index is 12.2. The molecule has 5 heteroatoms. The Labute approximate surface area is 141 Å². The SMILES string of the molecule is O=C(Nc1ccc(COc2ccccc2)cc1)N1CCCC(O)C1. The highest BCUT2D eigenvalue weighted by molar-refractivity contribution is 5.89. The number of ether oxygens (including phenoxy) is 1. The van der Waals surface area contributed by atoms with Crippen molar-refractivity contribution < 1.29 is 14.6 Å². The molecule has 3 rings (SSSR count). The summed E-state index contributed by atoms with van der Waals surface area (Å²) in [4.78, 5) is 13.8. The normalized spacial score (nSPS) is 17.4. The summed E-state index contributed by atoms with van der Waals surface area (Å²) < 4.78 is 5.70. The molecule has 1 heterocycles. The highest BCUT2D eigenvalue weighted by Gasteiger charge is 2.21. The second-order valence-electron chi connectivity index (χ2n) is 5.97. The zero-order valence-electron chi connectivity index (χ0n) is 13.5. The van der Waals surface area contributed by atoms with Crippen molar-refractivity contribution in [2.24, 2.45) is 0 Å². The number of carbonyl (C=O) groups excluding carboxylic acids is 1.